The van der Waals surface area contributed by atoms with Crippen molar-refractivity contribution < 1.29 is 9.90 Å². The van der Waals surface area contributed by atoms with Gasteiger partial charge in [-0.15, -0.1) is 0 Å². The number of aromatic carboxylic acids is 1. The summed E-state index contributed by atoms with van der Waals surface area (Å²) in [5.41, 5.74) is 1.73. The van der Waals surface area contributed by atoms with Crippen LogP contribution in [-0.2, 0) is 0 Å². The number of carboxylic acid groups (broad SMARTS) is 1. The summed E-state index contributed by atoms with van der Waals surface area (Å²) in [5.74, 6) is -0.932. The molecule has 14 heavy (non-hydrogen) atoms. The summed E-state index contributed by atoms with van der Waals surface area (Å²) in [6, 6.07) is 3.31. The molecule has 0 bridgehead atoms. The second-order valence-electron chi connectivity index (χ2n) is 2.97. The SMILES string of the molecule is Cc1cc2c(C(=O)O)cc(Br)n2cn1. The van der Waals surface area contributed by atoms with Gasteiger partial charge in [-0.1, -0.05) is 0 Å². The van der Waals surface area contributed by atoms with Gasteiger partial charge in [-0.05, 0) is 35.0 Å². The largest absolute Gasteiger partial charge is 0.478 e. The molecule has 0 aromatic carbocycles. The van der Waals surface area contributed by atoms with E-state index in [1.54, 1.807) is 22.9 Å². The van der Waals surface area contributed by atoms with E-state index in [2.05, 4.69) is 20.9 Å². The molecule has 2 aromatic rings. The van der Waals surface area contributed by atoms with E-state index in [1.807, 2.05) is 6.92 Å². The van der Waals surface area contributed by atoms with Crippen molar-refractivity contribution in [2.24, 2.45) is 0 Å². The molecule has 4 nitrogen and oxygen atoms in total. The Balaban J connectivity index is 2.85. The Morgan fingerprint density at radius 2 is 2.29 bits per heavy atom. The molecule has 0 radical (unpaired) electrons. The smallest absolute Gasteiger partial charge is 0.337 e. The van der Waals surface area contributed by atoms with E-state index in [0.29, 0.717) is 10.1 Å². The summed E-state index contributed by atoms with van der Waals surface area (Å²) < 4.78 is 2.38. The zero-order chi connectivity index (χ0) is 10.3. The van der Waals surface area contributed by atoms with Crippen LogP contribution in [0.15, 0.2) is 23.1 Å². The van der Waals surface area contributed by atoms with Gasteiger partial charge in [-0.25, -0.2) is 9.78 Å². The number of carboxylic acids is 1. The maximum atomic E-state index is 10.9. The Hall–Kier alpha value is -1.36. The second kappa shape index (κ2) is 3.09. The molecule has 0 atom stereocenters. The van der Waals surface area contributed by atoms with Gasteiger partial charge in [-0.2, -0.15) is 0 Å². The van der Waals surface area contributed by atoms with Crippen molar-refractivity contribution in [1.29, 1.82) is 0 Å². The van der Waals surface area contributed by atoms with E-state index < -0.39 is 5.97 Å². The number of nitrogens with zero attached hydrogens (tertiary/aromatic N) is 2. The molecule has 5 heteroatoms. The fourth-order valence-corrected chi connectivity index (χ4v) is 1.84. The number of fused-ring (bicyclic) bond motifs is 1. The van der Waals surface area contributed by atoms with Crippen LogP contribution in [0.3, 0.4) is 0 Å². The third-order valence-electron chi connectivity index (χ3n) is 1.98. The molecular formula is C9H7BrN2O2. The third kappa shape index (κ3) is 1.29. The Morgan fingerprint density at radius 1 is 1.57 bits per heavy atom. The number of carbonyl (C=O) groups is 1. The number of rotatable bonds is 1. The van der Waals surface area contributed by atoms with Crippen molar-refractivity contribution in [2.45, 2.75) is 6.92 Å². The molecule has 0 aliphatic rings. The minimum absolute atomic E-state index is 0.280. The highest BCUT2D eigenvalue weighted by molar-refractivity contribution is 9.10. The quantitative estimate of drug-likeness (QED) is 0.848. The molecule has 1 N–H and O–H groups in total. The summed E-state index contributed by atoms with van der Waals surface area (Å²) in [6.07, 6.45) is 1.60. The molecule has 0 unspecified atom stereocenters. The van der Waals surface area contributed by atoms with Crippen molar-refractivity contribution in [3.8, 4) is 0 Å². The van der Waals surface area contributed by atoms with Gasteiger partial charge in [0.05, 0.1) is 15.7 Å². The number of halogens is 1. The summed E-state index contributed by atoms with van der Waals surface area (Å²) >= 11 is 3.27. The van der Waals surface area contributed by atoms with Crippen LogP contribution in [0.1, 0.15) is 16.1 Å². The first-order valence-corrected chi connectivity index (χ1v) is 4.75. The second-order valence-corrected chi connectivity index (χ2v) is 3.78. The molecular weight excluding hydrogens is 248 g/mol. The van der Waals surface area contributed by atoms with Crippen molar-refractivity contribution >= 4 is 27.4 Å². The lowest BCUT2D eigenvalue weighted by Gasteiger charge is -1.97. The molecule has 2 aromatic heterocycles. The fourth-order valence-electron chi connectivity index (χ4n) is 1.33. The first-order valence-electron chi connectivity index (χ1n) is 3.96. The van der Waals surface area contributed by atoms with Gasteiger partial charge in [0.25, 0.3) is 0 Å². The molecule has 0 spiro atoms. The average Bonchev–Trinajstić information content (AvgIpc) is 2.43. The van der Waals surface area contributed by atoms with Gasteiger partial charge in [0.15, 0.2) is 0 Å². The van der Waals surface area contributed by atoms with Gasteiger partial charge in [0.2, 0.25) is 0 Å². The zero-order valence-corrected chi connectivity index (χ0v) is 8.95. The van der Waals surface area contributed by atoms with Gasteiger partial charge < -0.3 is 5.11 Å². The molecule has 2 rings (SSSR count). The van der Waals surface area contributed by atoms with Crippen LogP contribution in [0.4, 0.5) is 0 Å². The normalized spacial score (nSPS) is 10.7. The van der Waals surface area contributed by atoms with Crippen LogP contribution < -0.4 is 0 Å². The Labute approximate surface area is 88.3 Å². The predicted molar refractivity (Wildman–Crippen MR) is 54.6 cm³/mol. The highest BCUT2D eigenvalue weighted by Crippen LogP contribution is 2.21. The summed E-state index contributed by atoms with van der Waals surface area (Å²) in [4.78, 5) is 15.0. The standard InChI is InChI=1S/C9H7BrN2O2/c1-5-2-7-6(9(13)14)3-8(10)12(7)4-11-5/h2-4H,1H3,(H,13,14). The van der Waals surface area contributed by atoms with Gasteiger partial charge in [-0.3, -0.25) is 4.40 Å². The van der Waals surface area contributed by atoms with Gasteiger partial charge in [0, 0.05) is 5.69 Å². The fraction of sp³-hybridized carbons (Fsp3) is 0.111. The maximum Gasteiger partial charge on any atom is 0.337 e. The molecule has 0 aliphatic heterocycles. The lowest BCUT2D eigenvalue weighted by Crippen LogP contribution is -1.96. The molecule has 0 amide bonds. The van der Waals surface area contributed by atoms with E-state index in [-0.39, 0.29) is 5.56 Å². The Morgan fingerprint density at radius 3 is 2.93 bits per heavy atom. The number of aryl methyl sites for hydroxylation is 1. The maximum absolute atomic E-state index is 10.9. The Kier molecular flexibility index (Phi) is 2.03. The van der Waals surface area contributed by atoms with Crippen molar-refractivity contribution in [2.75, 3.05) is 0 Å². The monoisotopic (exact) mass is 254 g/mol. The minimum atomic E-state index is -0.932. The van der Waals surface area contributed by atoms with Crippen LogP contribution in [-0.4, -0.2) is 20.5 Å². The minimum Gasteiger partial charge on any atom is -0.478 e. The highest BCUT2D eigenvalue weighted by Gasteiger charge is 2.13. The lowest BCUT2D eigenvalue weighted by atomic mass is 10.2. The van der Waals surface area contributed by atoms with Crippen molar-refractivity contribution in [3.63, 3.8) is 0 Å². The molecule has 2 heterocycles. The van der Waals surface area contributed by atoms with Gasteiger partial charge in [0.1, 0.15) is 6.33 Å². The van der Waals surface area contributed by atoms with Crippen molar-refractivity contribution in [1.82, 2.24) is 9.38 Å². The van der Waals surface area contributed by atoms with E-state index in [0.717, 1.165) is 5.69 Å². The first kappa shape index (κ1) is 9.21. The van der Waals surface area contributed by atoms with Crippen LogP contribution in [0.25, 0.3) is 5.52 Å². The molecule has 0 fully saturated rings. The lowest BCUT2D eigenvalue weighted by molar-refractivity contribution is 0.0699. The van der Waals surface area contributed by atoms with Crippen LogP contribution in [0, 0.1) is 6.92 Å². The van der Waals surface area contributed by atoms with E-state index >= 15 is 0 Å². The molecule has 72 valence electrons. The zero-order valence-electron chi connectivity index (χ0n) is 7.36. The van der Waals surface area contributed by atoms with Crippen LogP contribution >= 0.6 is 15.9 Å². The van der Waals surface area contributed by atoms with Crippen molar-refractivity contribution in [3.05, 3.63) is 34.3 Å². The van der Waals surface area contributed by atoms with E-state index in [1.165, 1.54) is 0 Å². The van der Waals surface area contributed by atoms with Crippen LogP contribution in [0.5, 0.6) is 0 Å². The molecule has 0 aliphatic carbocycles. The summed E-state index contributed by atoms with van der Waals surface area (Å²) in [7, 11) is 0. The Bertz CT molecular complexity index is 519. The third-order valence-corrected chi connectivity index (χ3v) is 2.59. The van der Waals surface area contributed by atoms with Gasteiger partial charge >= 0.3 is 5.97 Å². The summed E-state index contributed by atoms with van der Waals surface area (Å²) in [5, 5.41) is 8.93. The molecule has 0 saturated carbocycles. The van der Waals surface area contributed by atoms with E-state index in [9.17, 15) is 4.79 Å². The number of hydrogen-bond acceptors (Lipinski definition) is 2. The van der Waals surface area contributed by atoms with E-state index in [4.69, 9.17) is 5.11 Å². The predicted octanol–water partition coefficient (Wildman–Crippen LogP) is 2.10. The first-order chi connectivity index (χ1) is 6.59. The number of aromatic nitrogens is 2. The molecule has 0 saturated heterocycles. The highest BCUT2D eigenvalue weighted by atomic mass is 79.9. The average molecular weight is 255 g/mol. The number of hydrogen-bond donors (Lipinski definition) is 1. The summed E-state index contributed by atoms with van der Waals surface area (Å²) in [6.45, 7) is 1.83. The van der Waals surface area contributed by atoms with Crippen LogP contribution in [0.2, 0.25) is 0 Å². The topological polar surface area (TPSA) is 54.6 Å².